The molecule has 2 atom stereocenters. The molecule has 146 valence electrons. The second kappa shape index (κ2) is 11.0. The van der Waals surface area contributed by atoms with Crippen LogP contribution in [0.25, 0.3) is 0 Å². The first-order valence-corrected chi connectivity index (χ1v) is 9.82. The molecule has 0 aromatic heterocycles. The van der Waals surface area contributed by atoms with E-state index in [1.807, 2.05) is 27.7 Å². The summed E-state index contributed by atoms with van der Waals surface area (Å²) in [6.45, 7) is 12.4. The van der Waals surface area contributed by atoms with Gasteiger partial charge in [-0.2, -0.15) is 0 Å². The highest BCUT2D eigenvalue weighted by atomic mass is 16.5. The minimum Gasteiger partial charge on any atom is -0.459 e. The van der Waals surface area contributed by atoms with E-state index in [1.54, 1.807) is 24.3 Å². The van der Waals surface area contributed by atoms with Gasteiger partial charge >= 0.3 is 11.9 Å². The lowest BCUT2D eigenvalue weighted by Crippen LogP contribution is -2.24. The standard InChI is InChI=1S/C22H34O4/c1-7-9-19(15(3)4)25-21(23)17-11-13-18(14-12-17)22(24)26-20(10-8-2)16(5)6/h11-16,19-20H,7-10H2,1-6H3. The Balaban J connectivity index is 2.75. The highest BCUT2D eigenvalue weighted by Gasteiger charge is 2.21. The van der Waals surface area contributed by atoms with Crippen molar-refractivity contribution < 1.29 is 19.1 Å². The Bertz CT molecular complexity index is 509. The van der Waals surface area contributed by atoms with Gasteiger partial charge in [-0.15, -0.1) is 0 Å². The van der Waals surface area contributed by atoms with Gasteiger partial charge in [-0.25, -0.2) is 9.59 Å². The molecule has 26 heavy (non-hydrogen) atoms. The molecule has 0 spiro atoms. The zero-order chi connectivity index (χ0) is 19.7. The van der Waals surface area contributed by atoms with Crippen molar-refractivity contribution in [3.63, 3.8) is 0 Å². The van der Waals surface area contributed by atoms with Gasteiger partial charge in [0.1, 0.15) is 12.2 Å². The van der Waals surface area contributed by atoms with Gasteiger partial charge in [0.15, 0.2) is 0 Å². The predicted octanol–water partition coefficient (Wildman–Crippen LogP) is 5.65. The van der Waals surface area contributed by atoms with Crippen LogP contribution in [0.4, 0.5) is 0 Å². The van der Waals surface area contributed by atoms with Crippen molar-refractivity contribution in [2.75, 3.05) is 0 Å². The lowest BCUT2D eigenvalue weighted by atomic mass is 10.0. The van der Waals surface area contributed by atoms with E-state index in [1.165, 1.54) is 0 Å². The van der Waals surface area contributed by atoms with E-state index in [9.17, 15) is 9.59 Å². The van der Waals surface area contributed by atoms with Crippen LogP contribution in [-0.4, -0.2) is 24.1 Å². The monoisotopic (exact) mass is 362 g/mol. The van der Waals surface area contributed by atoms with Crippen LogP contribution < -0.4 is 0 Å². The third kappa shape index (κ3) is 6.81. The Morgan fingerprint density at radius 3 is 1.27 bits per heavy atom. The van der Waals surface area contributed by atoms with Crippen LogP contribution in [0.2, 0.25) is 0 Å². The fraction of sp³-hybridized carbons (Fsp3) is 0.636. The Labute approximate surface area is 158 Å². The summed E-state index contributed by atoms with van der Waals surface area (Å²) in [5.74, 6) is -0.134. The van der Waals surface area contributed by atoms with Gasteiger partial charge in [0.2, 0.25) is 0 Å². The molecule has 0 saturated heterocycles. The van der Waals surface area contributed by atoms with E-state index < -0.39 is 0 Å². The largest absolute Gasteiger partial charge is 0.459 e. The summed E-state index contributed by atoms with van der Waals surface area (Å²) in [7, 11) is 0. The smallest absolute Gasteiger partial charge is 0.338 e. The Morgan fingerprint density at radius 2 is 1.04 bits per heavy atom. The Kier molecular flexibility index (Phi) is 9.39. The van der Waals surface area contributed by atoms with E-state index in [0.29, 0.717) is 11.1 Å². The number of ether oxygens (including phenoxy) is 2. The zero-order valence-corrected chi connectivity index (χ0v) is 17.1. The molecule has 0 heterocycles. The summed E-state index contributed by atoms with van der Waals surface area (Å²) in [6.07, 6.45) is 3.46. The number of benzene rings is 1. The van der Waals surface area contributed by atoms with Gasteiger partial charge in [-0.05, 0) is 48.9 Å². The molecule has 1 aromatic rings. The summed E-state index contributed by atoms with van der Waals surface area (Å²) in [5.41, 5.74) is 0.912. The first-order valence-electron chi connectivity index (χ1n) is 9.82. The first kappa shape index (κ1) is 22.2. The minimum atomic E-state index is -0.344. The second-order valence-electron chi connectivity index (χ2n) is 7.53. The van der Waals surface area contributed by atoms with Crippen molar-refractivity contribution in [1.82, 2.24) is 0 Å². The predicted molar refractivity (Wildman–Crippen MR) is 104 cm³/mol. The number of carbonyl (C=O) groups excluding carboxylic acids is 2. The SMILES string of the molecule is CCCC(OC(=O)c1ccc(C(=O)OC(CCC)C(C)C)cc1)C(C)C. The fourth-order valence-electron chi connectivity index (χ4n) is 2.78. The van der Waals surface area contributed by atoms with Crippen molar-refractivity contribution >= 4 is 11.9 Å². The van der Waals surface area contributed by atoms with Gasteiger partial charge < -0.3 is 9.47 Å². The molecule has 4 nitrogen and oxygen atoms in total. The van der Waals surface area contributed by atoms with Crippen LogP contribution in [-0.2, 0) is 9.47 Å². The van der Waals surface area contributed by atoms with Gasteiger partial charge in [0.05, 0.1) is 11.1 Å². The normalized spacial score (nSPS) is 13.5. The van der Waals surface area contributed by atoms with Crippen LogP contribution in [0.5, 0.6) is 0 Å². The second-order valence-corrected chi connectivity index (χ2v) is 7.53. The maximum Gasteiger partial charge on any atom is 0.338 e. The maximum atomic E-state index is 12.3. The van der Waals surface area contributed by atoms with Crippen LogP contribution in [0, 0.1) is 11.8 Å². The van der Waals surface area contributed by atoms with Crippen LogP contribution in [0.3, 0.4) is 0 Å². The number of carbonyl (C=O) groups is 2. The molecule has 0 saturated carbocycles. The fourth-order valence-corrected chi connectivity index (χ4v) is 2.78. The van der Waals surface area contributed by atoms with E-state index in [4.69, 9.17) is 9.47 Å². The summed E-state index contributed by atoms with van der Waals surface area (Å²) < 4.78 is 11.2. The first-order chi connectivity index (χ1) is 12.3. The van der Waals surface area contributed by atoms with E-state index in [2.05, 4.69) is 13.8 Å². The molecular weight excluding hydrogens is 328 g/mol. The number of rotatable bonds is 10. The number of hydrogen-bond acceptors (Lipinski definition) is 4. The molecule has 0 bridgehead atoms. The molecule has 1 aromatic carbocycles. The molecule has 0 N–H and O–H groups in total. The van der Waals surface area contributed by atoms with Gasteiger partial charge in [0, 0.05) is 0 Å². The molecule has 0 aliphatic rings. The van der Waals surface area contributed by atoms with Crippen molar-refractivity contribution in [3.05, 3.63) is 35.4 Å². The highest BCUT2D eigenvalue weighted by Crippen LogP contribution is 2.18. The van der Waals surface area contributed by atoms with Crippen LogP contribution in [0.1, 0.15) is 87.9 Å². The molecule has 0 aliphatic carbocycles. The van der Waals surface area contributed by atoms with Crippen LogP contribution in [0.15, 0.2) is 24.3 Å². The molecule has 0 amide bonds. The molecule has 0 fully saturated rings. The average Bonchev–Trinajstić information content (AvgIpc) is 2.60. The Morgan fingerprint density at radius 1 is 0.731 bits per heavy atom. The van der Waals surface area contributed by atoms with Gasteiger partial charge in [-0.3, -0.25) is 0 Å². The van der Waals surface area contributed by atoms with E-state index in [-0.39, 0.29) is 36.0 Å². The van der Waals surface area contributed by atoms with Crippen molar-refractivity contribution in [2.45, 2.75) is 79.4 Å². The average molecular weight is 363 g/mol. The van der Waals surface area contributed by atoms with Crippen molar-refractivity contribution in [1.29, 1.82) is 0 Å². The van der Waals surface area contributed by atoms with Gasteiger partial charge in [-0.1, -0.05) is 54.4 Å². The lowest BCUT2D eigenvalue weighted by molar-refractivity contribution is 0.0144. The summed E-state index contributed by atoms with van der Waals surface area (Å²) in [6, 6.07) is 6.53. The lowest BCUT2D eigenvalue weighted by Gasteiger charge is -2.21. The van der Waals surface area contributed by atoms with E-state index >= 15 is 0 Å². The molecular formula is C22H34O4. The number of esters is 2. The summed E-state index contributed by atoms with van der Waals surface area (Å²) in [5, 5.41) is 0. The zero-order valence-electron chi connectivity index (χ0n) is 17.1. The summed E-state index contributed by atoms with van der Waals surface area (Å²) in [4.78, 5) is 24.7. The molecule has 2 unspecified atom stereocenters. The quantitative estimate of drug-likeness (QED) is 0.505. The van der Waals surface area contributed by atoms with Crippen molar-refractivity contribution in [3.8, 4) is 0 Å². The topological polar surface area (TPSA) is 52.6 Å². The van der Waals surface area contributed by atoms with Gasteiger partial charge in [0.25, 0.3) is 0 Å². The third-order valence-electron chi connectivity index (χ3n) is 4.51. The highest BCUT2D eigenvalue weighted by molar-refractivity contribution is 5.93. The maximum absolute atomic E-state index is 12.3. The van der Waals surface area contributed by atoms with Crippen LogP contribution >= 0.6 is 0 Å². The molecule has 4 heteroatoms. The third-order valence-corrected chi connectivity index (χ3v) is 4.51. The minimum absolute atomic E-state index is 0.0852. The number of hydrogen-bond donors (Lipinski definition) is 0. The van der Waals surface area contributed by atoms with Crippen molar-refractivity contribution in [2.24, 2.45) is 11.8 Å². The summed E-state index contributed by atoms with van der Waals surface area (Å²) >= 11 is 0. The Hall–Kier alpha value is -1.84. The van der Waals surface area contributed by atoms with E-state index in [0.717, 1.165) is 25.7 Å². The molecule has 0 radical (unpaired) electrons. The molecule has 1 rings (SSSR count). The molecule has 0 aliphatic heterocycles.